The molecule has 0 atom stereocenters. The van der Waals surface area contributed by atoms with Gasteiger partial charge in [-0.1, -0.05) is 24.3 Å². The molecule has 130 valence electrons. The maximum Gasteiger partial charge on any atom is 0.188 e. The number of rotatable bonds is 3. The molecule has 0 saturated heterocycles. The maximum atomic E-state index is 6.02. The van der Waals surface area contributed by atoms with Crippen LogP contribution in [0.3, 0.4) is 0 Å². The molecule has 0 spiro atoms. The Balaban J connectivity index is 1.91. The molecule has 1 N–H and O–H groups in total. The fourth-order valence-electron chi connectivity index (χ4n) is 3.93. The van der Waals surface area contributed by atoms with Crippen LogP contribution in [0, 0.1) is 0 Å². The van der Waals surface area contributed by atoms with Gasteiger partial charge in [0.2, 0.25) is 0 Å². The Kier molecular flexibility index (Phi) is 3.73. The number of fused-ring (bicyclic) bond motifs is 5. The summed E-state index contributed by atoms with van der Waals surface area (Å²) in [5.74, 6) is 1.85. The first-order chi connectivity index (χ1) is 12.0. The molecule has 2 heterocycles. The lowest BCUT2D eigenvalue weighted by atomic mass is 9.83. The predicted molar refractivity (Wildman–Crippen MR) is 99.5 cm³/mol. The molecule has 2 aromatic rings. The number of anilines is 1. The molecule has 4 rings (SSSR count). The van der Waals surface area contributed by atoms with E-state index >= 15 is 0 Å². The largest absolute Gasteiger partial charge is 0.488 e. The summed E-state index contributed by atoms with van der Waals surface area (Å²) in [6, 6.07) is 12.5. The van der Waals surface area contributed by atoms with Gasteiger partial charge in [-0.3, -0.25) is 0 Å². The van der Waals surface area contributed by atoms with Gasteiger partial charge in [0.25, 0.3) is 0 Å². The summed E-state index contributed by atoms with van der Waals surface area (Å²) >= 11 is 0. The zero-order valence-electron chi connectivity index (χ0n) is 15.1. The highest BCUT2D eigenvalue weighted by molar-refractivity contribution is 5.89. The van der Waals surface area contributed by atoms with Gasteiger partial charge >= 0.3 is 0 Å². The maximum absolute atomic E-state index is 6.02. The van der Waals surface area contributed by atoms with Crippen molar-refractivity contribution < 1.29 is 14.2 Å². The molecule has 0 aliphatic carbocycles. The highest BCUT2D eigenvalue weighted by atomic mass is 16.7. The van der Waals surface area contributed by atoms with E-state index in [1.807, 2.05) is 18.2 Å². The lowest BCUT2D eigenvalue weighted by Crippen LogP contribution is -2.38. The molecule has 2 aliphatic heterocycles. The molecule has 2 aliphatic rings. The number of hydrogen-bond donors (Lipinski definition) is 1. The molecule has 0 saturated carbocycles. The first kappa shape index (κ1) is 16.0. The molecular formula is C21H23NO3. The van der Waals surface area contributed by atoms with E-state index in [0.29, 0.717) is 6.61 Å². The molecular weight excluding hydrogens is 314 g/mol. The highest BCUT2D eigenvalue weighted by Crippen LogP contribution is 2.47. The molecule has 0 aromatic heterocycles. The van der Waals surface area contributed by atoms with Crippen molar-refractivity contribution >= 4 is 11.3 Å². The van der Waals surface area contributed by atoms with Crippen molar-refractivity contribution in [2.45, 2.75) is 32.9 Å². The van der Waals surface area contributed by atoms with Crippen LogP contribution in [0.2, 0.25) is 0 Å². The number of hydrogen-bond acceptors (Lipinski definition) is 4. The number of ether oxygens (including phenoxy) is 3. The second-order valence-corrected chi connectivity index (χ2v) is 7.05. The molecule has 4 nitrogen and oxygen atoms in total. The summed E-state index contributed by atoms with van der Waals surface area (Å²) in [7, 11) is 1.64. The minimum Gasteiger partial charge on any atom is -0.488 e. The summed E-state index contributed by atoms with van der Waals surface area (Å²) in [6.45, 7) is 7.16. The molecule has 0 unspecified atom stereocenters. The third kappa shape index (κ3) is 2.48. The minimum atomic E-state index is -0.294. The van der Waals surface area contributed by atoms with E-state index < -0.39 is 0 Å². The van der Waals surface area contributed by atoms with Crippen LogP contribution in [0.4, 0.5) is 5.69 Å². The van der Waals surface area contributed by atoms with Gasteiger partial charge in [0, 0.05) is 29.5 Å². The van der Waals surface area contributed by atoms with Crippen molar-refractivity contribution in [2.75, 3.05) is 19.2 Å². The van der Waals surface area contributed by atoms with Crippen LogP contribution in [-0.2, 0) is 16.1 Å². The average Bonchev–Trinajstić information content (AvgIpc) is 2.60. The molecule has 4 heteroatoms. The normalized spacial score (nSPS) is 17.0. The van der Waals surface area contributed by atoms with Crippen molar-refractivity contribution in [1.82, 2.24) is 0 Å². The number of benzene rings is 2. The van der Waals surface area contributed by atoms with Crippen molar-refractivity contribution in [3.63, 3.8) is 0 Å². The van der Waals surface area contributed by atoms with Gasteiger partial charge in [0.05, 0.1) is 5.54 Å². The predicted octanol–water partition coefficient (Wildman–Crippen LogP) is 4.80. The summed E-state index contributed by atoms with van der Waals surface area (Å²) in [4.78, 5) is 0. The number of allylic oxidation sites excluding steroid dienone is 1. The number of nitrogens with one attached hydrogen (secondary N) is 1. The summed E-state index contributed by atoms with van der Waals surface area (Å²) in [5, 5.41) is 3.61. The highest BCUT2D eigenvalue weighted by Gasteiger charge is 2.35. The van der Waals surface area contributed by atoms with Gasteiger partial charge in [-0.25, -0.2) is 0 Å². The third-order valence-electron chi connectivity index (χ3n) is 4.91. The van der Waals surface area contributed by atoms with Crippen LogP contribution in [0.1, 0.15) is 31.9 Å². The molecule has 0 bridgehead atoms. The number of para-hydroxylation sites is 1. The van der Waals surface area contributed by atoms with E-state index in [4.69, 9.17) is 14.2 Å². The Labute approximate surface area is 148 Å². The van der Waals surface area contributed by atoms with Crippen molar-refractivity contribution in [1.29, 1.82) is 0 Å². The molecule has 0 fully saturated rings. The fraction of sp³-hybridized carbons (Fsp3) is 0.333. The zero-order valence-corrected chi connectivity index (χ0v) is 15.1. The Morgan fingerprint density at radius 2 is 1.92 bits per heavy atom. The Bertz CT molecular complexity index is 867. The molecule has 0 radical (unpaired) electrons. The van der Waals surface area contributed by atoms with Crippen LogP contribution < -0.4 is 10.1 Å². The smallest absolute Gasteiger partial charge is 0.188 e. The summed E-state index contributed by atoms with van der Waals surface area (Å²) in [5.41, 5.74) is 6.71. The standard InChI is InChI=1S/C21H23NO3/c1-13-19-16-11-24-18-8-6-5-7-15(18)14(16)9-10-17(19)22-21(2,3)20(13)25-12-23-4/h5-10,22H,11-12H2,1-4H3. The van der Waals surface area contributed by atoms with Gasteiger partial charge in [-0.2, -0.15) is 0 Å². The van der Waals surface area contributed by atoms with Crippen molar-refractivity contribution in [3.05, 3.63) is 53.3 Å². The molecule has 2 aromatic carbocycles. The van der Waals surface area contributed by atoms with E-state index in [-0.39, 0.29) is 12.3 Å². The first-order valence-electron chi connectivity index (χ1n) is 8.52. The van der Waals surface area contributed by atoms with Gasteiger partial charge in [-0.05, 0) is 44.0 Å². The van der Waals surface area contributed by atoms with Crippen LogP contribution in [0.5, 0.6) is 5.75 Å². The average molecular weight is 337 g/mol. The summed E-state index contributed by atoms with van der Waals surface area (Å²) < 4.78 is 17.1. The van der Waals surface area contributed by atoms with Gasteiger partial charge in [-0.15, -0.1) is 0 Å². The van der Waals surface area contributed by atoms with Gasteiger partial charge < -0.3 is 19.5 Å². The van der Waals surface area contributed by atoms with Crippen molar-refractivity contribution in [3.8, 4) is 16.9 Å². The topological polar surface area (TPSA) is 39.7 Å². The zero-order chi connectivity index (χ0) is 17.6. The van der Waals surface area contributed by atoms with Gasteiger partial charge in [0.15, 0.2) is 6.79 Å². The second kappa shape index (κ2) is 5.81. The van der Waals surface area contributed by atoms with E-state index in [9.17, 15) is 0 Å². The van der Waals surface area contributed by atoms with Crippen LogP contribution >= 0.6 is 0 Å². The quantitative estimate of drug-likeness (QED) is 0.817. The van der Waals surface area contributed by atoms with E-state index in [0.717, 1.165) is 28.3 Å². The second-order valence-electron chi connectivity index (χ2n) is 7.05. The number of methoxy groups -OCH3 is 1. The van der Waals surface area contributed by atoms with Crippen molar-refractivity contribution in [2.24, 2.45) is 0 Å². The van der Waals surface area contributed by atoms with Crippen LogP contribution in [0.25, 0.3) is 16.7 Å². The van der Waals surface area contributed by atoms with E-state index in [1.165, 1.54) is 16.7 Å². The van der Waals surface area contributed by atoms with E-state index in [1.54, 1.807) is 7.11 Å². The first-order valence-corrected chi connectivity index (χ1v) is 8.52. The Morgan fingerprint density at radius 1 is 1.12 bits per heavy atom. The van der Waals surface area contributed by atoms with E-state index in [2.05, 4.69) is 44.3 Å². The minimum absolute atomic E-state index is 0.238. The third-order valence-corrected chi connectivity index (χ3v) is 4.91. The lowest BCUT2D eigenvalue weighted by Gasteiger charge is -2.38. The van der Waals surface area contributed by atoms with Crippen LogP contribution in [-0.4, -0.2) is 19.4 Å². The van der Waals surface area contributed by atoms with Gasteiger partial charge in [0.1, 0.15) is 18.1 Å². The monoisotopic (exact) mass is 337 g/mol. The molecule has 0 amide bonds. The van der Waals surface area contributed by atoms with Crippen LogP contribution in [0.15, 0.2) is 42.2 Å². The summed E-state index contributed by atoms with van der Waals surface area (Å²) in [6.07, 6.45) is 0. The Hall–Kier alpha value is -2.46. The Morgan fingerprint density at radius 3 is 2.72 bits per heavy atom. The molecule has 25 heavy (non-hydrogen) atoms. The lowest BCUT2D eigenvalue weighted by molar-refractivity contribution is -0.00369. The fourth-order valence-corrected chi connectivity index (χ4v) is 3.93. The SMILES string of the molecule is COCOC1=C(C)c2c(ccc3c2COc2ccccc2-3)NC1(C)C.